The van der Waals surface area contributed by atoms with Gasteiger partial charge in [-0.1, -0.05) is 64.8 Å². The third-order valence-corrected chi connectivity index (χ3v) is 5.02. The van der Waals surface area contributed by atoms with Crippen LogP contribution in [0.4, 0.5) is 0 Å². The Labute approximate surface area is 128 Å². The summed E-state index contributed by atoms with van der Waals surface area (Å²) in [5.41, 5.74) is 3.57. The van der Waals surface area contributed by atoms with Crippen molar-refractivity contribution in [2.24, 2.45) is 0 Å². The average molecular weight is 331 g/mol. The molecule has 2 heteroatoms. The standard InChI is InChI=1S/C18H19BrO/c19-17-10-2-1-5-15(17)12-18(20)16-9-4-8-14(11-16)13-6-3-7-13/h1-2,4-5,8-11,13,18,20H,3,6-7,12H2. The highest BCUT2D eigenvalue weighted by molar-refractivity contribution is 9.10. The number of aliphatic hydroxyl groups is 1. The molecule has 0 aromatic heterocycles. The molecule has 1 nitrogen and oxygen atoms in total. The summed E-state index contributed by atoms with van der Waals surface area (Å²) >= 11 is 3.54. The zero-order chi connectivity index (χ0) is 13.9. The summed E-state index contributed by atoms with van der Waals surface area (Å²) in [5.74, 6) is 0.714. The molecule has 0 heterocycles. The molecule has 1 unspecified atom stereocenters. The first-order chi connectivity index (χ1) is 9.74. The van der Waals surface area contributed by atoms with Crippen molar-refractivity contribution in [1.29, 1.82) is 0 Å². The van der Waals surface area contributed by atoms with Gasteiger partial charge in [-0.25, -0.2) is 0 Å². The Morgan fingerprint density at radius 1 is 1.10 bits per heavy atom. The summed E-state index contributed by atoms with van der Waals surface area (Å²) < 4.78 is 1.06. The normalized spacial score (nSPS) is 16.7. The molecule has 1 N–H and O–H groups in total. The maximum atomic E-state index is 10.5. The molecule has 0 bridgehead atoms. The van der Waals surface area contributed by atoms with Gasteiger partial charge in [0.15, 0.2) is 0 Å². The van der Waals surface area contributed by atoms with E-state index in [1.54, 1.807) is 0 Å². The number of hydrogen-bond donors (Lipinski definition) is 1. The van der Waals surface area contributed by atoms with Crippen LogP contribution in [0.1, 0.15) is 48.0 Å². The van der Waals surface area contributed by atoms with E-state index in [1.807, 2.05) is 24.3 Å². The van der Waals surface area contributed by atoms with E-state index in [0.29, 0.717) is 12.3 Å². The molecule has 0 saturated heterocycles. The van der Waals surface area contributed by atoms with E-state index in [0.717, 1.165) is 15.6 Å². The predicted octanol–water partition coefficient (Wildman–Crippen LogP) is 4.99. The van der Waals surface area contributed by atoms with Crippen LogP contribution in [0.5, 0.6) is 0 Å². The van der Waals surface area contributed by atoms with Crippen molar-refractivity contribution in [2.45, 2.75) is 37.7 Å². The van der Waals surface area contributed by atoms with E-state index in [1.165, 1.54) is 24.8 Å². The van der Waals surface area contributed by atoms with Crippen LogP contribution in [0, 0.1) is 0 Å². The molecule has 0 aliphatic heterocycles. The van der Waals surface area contributed by atoms with Crippen molar-refractivity contribution in [3.63, 3.8) is 0 Å². The lowest BCUT2D eigenvalue weighted by Crippen LogP contribution is -2.10. The summed E-state index contributed by atoms with van der Waals surface area (Å²) in [6, 6.07) is 16.6. The maximum Gasteiger partial charge on any atom is 0.0830 e. The van der Waals surface area contributed by atoms with Crippen molar-refractivity contribution in [3.05, 3.63) is 69.7 Å². The van der Waals surface area contributed by atoms with Crippen molar-refractivity contribution < 1.29 is 5.11 Å². The summed E-state index contributed by atoms with van der Waals surface area (Å²) in [4.78, 5) is 0. The molecule has 3 rings (SSSR count). The Morgan fingerprint density at radius 2 is 1.90 bits per heavy atom. The van der Waals surface area contributed by atoms with Crippen LogP contribution in [-0.4, -0.2) is 5.11 Å². The monoisotopic (exact) mass is 330 g/mol. The molecular formula is C18H19BrO. The SMILES string of the molecule is OC(Cc1ccccc1Br)c1cccc(C2CCC2)c1. The van der Waals surface area contributed by atoms with Crippen LogP contribution in [-0.2, 0) is 6.42 Å². The minimum atomic E-state index is -0.436. The minimum absolute atomic E-state index is 0.436. The highest BCUT2D eigenvalue weighted by Crippen LogP contribution is 2.37. The van der Waals surface area contributed by atoms with Gasteiger partial charge in [0.2, 0.25) is 0 Å². The molecule has 1 fully saturated rings. The van der Waals surface area contributed by atoms with E-state index in [-0.39, 0.29) is 0 Å². The zero-order valence-corrected chi connectivity index (χ0v) is 13.0. The molecule has 20 heavy (non-hydrogen) atoms. The van der Waals surface area contributed by atoms with Gasteiger partial charge in [0.05, 0.1) is 6.10 Å². The number of rotatable bonds is 4. The van der Waals surface area contributed by atoms with E-state index in [4.69, 9.17) is 0 Å². The lowest BCUT2D eigenvalue weighted by atomic mass is 9.79. The second-order valence-electron chi connectivity index (χ2n) is 5.61. The topological polar surface area (TPSA) is 20.2 Å². The molecule has 1 saturated carbocycles. The summed E-state index contributed by atoms with van der Waals surface area (Å²) in [7, 11) is 0. The highest BCUT2D eigenvalue weighted by atomic mass is 79.9. The Bertz CT molecular complexity index is 589. The number of aliphatic hydroxyl groups excluding tert-OH is 1. The molecule has 1 atom stereocenters. The Balaban J connectivity index is 1.76. The fourth-order valence-corrected chi connectivity index (χ4v) is 3.20. The second-order valence-corrected chi connectivity index (χ2v) is 6.46. The first-order valence-electron chi connectivity index (χ1n) is 7.25. The van der Waals surface area contributed by atoms with Gasteiger partial charge in [-0.05, 0) is 41.5 Å². The molecule has 2 aromatic carbocycles. The number of benzene rings is 2. The van der Waals surface area contributed by atoms with Crippen LogP contribution in [0.3, 0.4) is 0 Å². The molecular weight excluding hydrogens is 312 g/mol. The van der Waals surface area contributed by atoms with Crippen LogP contribution < -0.4 is 0 Å². The molecule has 2 aromatic rings. The average Bonchev–Trinajstić information content (AvgIpc) is 2.40. The number of hydrogen-bond acceptors (Lipinski definition) is 1. The zero-order valence-electron chi connectivity index (χ0n) is 11.4. The van der Waals surface area contributed by atoms with E-state index < -0.39 is 6.10 Å². The van der Waals surface area contributed by atoms with E-state index in [9.17, 15) is 5.11 Å². The van der Waals surface area contributed by atoms with Gasteiger partial charge in [-0.15, -0.1) is 0 Å². The van der Waals surface area contributed by atoms with Gasteiger partial charge in [0.1, 0.15) is 0 Å². The van der Waals surface area contributed by atoms with E-state index >= 15 is 0 Å². The van der Waals surface area contributed by atoms with Crippen LogP contribution in [0.2, 0.25) is 0 Å². The first kappa shape index (κ1) is 13.8. The Kier molecular flexibility index (Phi) is 4.23. The van der Waals surface area contributed by atoms with Crippen LogP contribution >= 0.6 is 15.9 Å². The molecule has 0 amide bonds. The molecule has 1 aliphatic carbocycles. The lowest BCUT2D eigenvalue weighted by molar-refractivity contribution is 0.178. The van der Waals surface area contributed by atoms with Crippen LogP contribution in [0.25, 0.3) is 0 Å². The molecule has 104 valence electrons. The summed E-state index contributed by atoms with van der Waals surface area (Å²) in [5, 5.41) is 10.5. The largest absolute Gasteiger partial charge is 0.388 e. The van der Waals surface area contributed by atoms with Gasteiger partial charge >= 0.3 is 0 Å². The van der Waals surface area contributed by atoms with Crippen molar-refractivity contribution in [3.8, 4) is 0 Å². The van der Waals surface area contributed by atoms with Crippen molar-refractivity contribution in [2.75, 3.05) is 0 Å². The predicted molar refractivity (Wildman–Crippen MR) is 85.8 cm³/mol. The molecule has 0 spiro atoms. The Morgan fingerprint density at radius 3 is 2.60 bits per heavy atom. The van der Waals surface area contributed by atoms with E-state index in [2.05, 4.69) is 40.2 Å². The summed E-state index contributed by atoms with van der Waals surface area (Å²) in [6.07, 6.45) is 4.14. The fourth-order valence-electron chi connectivity index (χ4n) is 2.75. The first-order valence-corrected chi connectivity index (χ1v) is 8.04. The van der Waals surface area contributed by atoms with Gasteiger partial charge in [0.25, 0.3) is 0 Å². The molecule has 0 radical (unpaired) electrons. The molecule has 1 aliphatic rings. The van der Waals surface area contributed by atoms with Crippen LogP contribution in [0.15, 0.2) is 53.0 Å². The van der Waals surface area contributed by atoms with Gasteiger partial charge in [-0.3, -0.25) is 0 Å². The highest BCUT2D eigenvalue weighted by Gasteiger charge is 2.20. The lowest BCUT2D eigenvalue weighted by Gasteiger charge is -2.26. The third kappa shape index (κ3) is 2.97. The fraction of sp³-hybridized carbons (Fsp3) is 0.333. The van der Waals surface area contributed by atoms with Crippen molar-refractivity contribution in [1.82, 2.24) is 0 Å². The minimum Gasteiger partial charge on any atom is -0.388 e. The summed E-state index contributed by atoms with van der Waals surface area (Å²) in [6.45, 7) is 0. The quantitative estimate of drug-likeness (QED) is 0.836. The number of halogens is 1. The van der Waals surface area contributed by atoms with Gasteiger partial charge < -0.3 is 5.11 Å². The Hall–Kier alpha value is -1.12. The van der Waals surface area contributed by atoms with Gasteiger partial charge in [-0.2, -0.15) is 0 Å². The smallest absolute Gasteiger partial charge is 0.0830 e. The maximum absolute atomic E-state index is 10.5. The van der Waals surface area contributed by atoms with Crippen molar-refractivity contribution >= 4 is 15.9 Å². The second kappa shape index (κ2) is 6.11. The third-order valence-electron chi connectivity index (χ3n) is 4.24. The van der Waals surface area contributed by atoms with Gasteiger partial charge in [0, 0.05) is 10.9 Å².